The van der Waals surface area contributed by atoms with Crippen LogP contribution in [0.3, 0.4) is 0 Å². The minimum Gasteiger partial charge on any atom is -0.481 e. The molecule has 2 heteroatoms. The van der Waals surface area contributed by atoms with E-state index in [9.17, 15) is 9.90 Å². The van der Waals surface area contributed by atoms with Gasteiger partial charge in [-0.25, -0.2) is 0 Å². The Labute approximate surface area is 95.7 Å². The molecule has 2 saturated carbocycles. The van der Waals surface area contributed by atoms with Crippen LogP contribution in [0.5, 0.6) is 0 Å². The fourth-order valence-corrected chi connectivity index (χ4v) is 5.50. The van der Waals surface area contributed by atoms with Crippen LogP contribution in [0.2, 0.25) is 0 Å². The predicted octanol–water partition coefficient (Wildman–Crippen LogP) is 2.56. The molecule has 0 aromatic rings. The standard InChI is InChI=1S/C14H18O2/c1-6-2-7-3-9(6)12-8-4-10(13(7)12)11(5-8)14(15)16/h3,6-8,10-13H,2,4-5H2,1H3,(H,15,16). The molecule has 4 aliphatic rings. The second kappa shape index (κ2) is 2.72. The van der Waals surface area contributed by atoms with Gasteiger partial charge in [0.15, 0.2) is 0 Å². The Morgan fingerprint density at radius 2 is 2.19 bits per heavy atom. The van der Waals surface area contributed by atoms with Gasteiger partial charge in [-0.15, -0.1) is 0 Å². The summed E-state index contributed by atoms with van der Waals surface area (Å²) in [6.07, 6.45) is 5.96. The number of carbonyl (C=O) groups is 1. The van der Waals surface area contributed by atoms with Gasteiger partial charge in [-0.2, -0.15) is 0 Å². The number of rotatable bonds is 1. The number of carboxylic acids is 1. The number of hydrogen-bond acceptors (Lipinski definition) is 1. The van der Waals surface area contributed by atoms with E-state index in [4.69, 9.17) is 0 Å². The Morgan fingerprint density at radius 3 is 2.94 bits per heavy atom. The van der Waals surface area contributed by atoms with E-state index in [0.29, 0.717) is 17.8 Å². The summed E-state index contributed by atoms with van der Waals surface area (Å²) in [6, 6.07) is 0. The zero-order valence-corrected chi connectivity index (χ0v) is 9.60. The molecule has 4 rings (SSSR count). The molecule has 0 heterocycles. The summed E-state index contributed by atoms with van der Waals surface area (Å²) in [6.45, 7) is 2.35. The second-order valence-corrected chi connectivity index (χ2v) is 6.41. The highest BCUT2D eigenvalue weighted by Gasteiger charge is 2.61. The van der Waals surface area contributed by atoms with Crippen molar-refractivity contribution in [3.63, 3.8) is 0 Å². The first-order valence-electron chi connectivity index (χ1n) is 6.61. The Kier molecular flexibility index (Phi) is 1.57. The summed E-state index contributed by atoms with van der Waals surface area (Å²) in [4.78, 5) is 11.2. The Morgan fingerprint density at radius 1 is 1.38 bits per heavy atom. The molecule has 7 unspecified atom stereocenters. The van der Waals surface area contributed by atoms with Gasteiger partial charge in [-0.3, -0.25) is 4.79 Å². The SMILES string of the molecule is CC1CC2C=C1C1C3CC(C(=O)O)C(C3)C21. The number of allylic oxidation sites excluding steroid dienone is 2. The monoisotopic (exact) mass is 218 g/mol. The van der Waals surface area contributed by atoms with Crippen LogP contribution < -0.4 is 0 Å². The van der Waals surface area contributed by atoms with Gasteiger partial charge in [0.1, 0.15) is 0 Å². The topological polar surface area (TPSA) is 37.3 Å². The summed E-state index contributed by atoms with van der Waals surface area (Å²) in [5, 5.41) is 9.26. The average Bonchev–Trinajstić information content (AvgIpc) is 2.91. The van der Waals surface area contributed by atoms with E-state index in [0.717, 1.165) is 24.2 Å². The van der Waals surface area contributed by atoms with Crippen LogP contribution in [-0.4, -0.2) is 11.1 Å². The molecule has 86 valence electrons. The fraction of sp³-hybridized carbons (Fsp3) is 0.786. The smallest absolute Gasteiger partial charge is 0.306 e. The lowest BCUT2D eigenvalue weighted by Gasteiger charge is -2.39. The van der Waals surface area contributed by atoms with Gasteiger partial charge in [0, 0.05) is 0 Å². The van der Waals surface area contributed by atoms with E-state index in [1.54, 1.807) is 5.57 Å². The van der Waals surface area contributed by atoms with Crippen LogP contribution in [0.1, 0.15) is 26.2 Å². The van der Waals surface area contributed by atoms with Crippen molar-refractivity contribution in [2.24, 2.45) is 41.4 Å². The third kappa shape index (κ3) is 0.884. The molecule has 2 nitrogen and oxygen atoms in total. The van der Waals surface area contributed by atoms with Crippen molar-refractivity contribution in [2.45, 2.75) is 26.2 Å². The Hall–Kier alpha value is -0.790. The first-order valence-corrected chi connectivity index (χ1v) is 6.61. The van der Waals surface area contributed by atoms with E-state index in [-0.39, 0.29) is 5.92 Å². The summed E-state index contributed by atoms with van der Waals surface area (Å²) in [5.74, 6) is 3.66. The van der Waals surface area contributed by atoms with E-state index in [1.807, 2.05) is 0 Å². The third-order valence-corrected chi connectivity index (χ3v) is 5.86. The highest BCUT2D eigenvalue weighted by molar-refractivity contribution is 5.71. The minimum atomic E-state index is -0.535. The normalized spacial score (nSPS) is 56.6. The molecule has 1 N–H and O–H groups in total. The molecular formula is C14H18O2. The van der Waals surface area contributed by atoms with Crippen molar-refractivity contribution in [1.82, 2.24) is 0 Å². The largest absolute Gasteiger partial charge is 0.481 e. The van der Waals surface area contributed by atoms with Gasteiger partial charge in [0.2, 0.25) is 0 Å². The Bertz CT molecular complexity index is 398. The van der Waals surface area contributed by atoms with Crippen LogP contribution in [0.15, 0.2) is 11.6 Å². The zero-order valence-electron chi connectivity index (χ0n) is 9.60. The van der Waals surface area contributed by atoms with Gasteiger partial charge in [-0.1, -0.05) is 18.6 Å². The molecule has 0 spiro atoms. The fourth-order valence-electron chi connectivity index (χ4n) is 5.50. The second-order valence-electron chi connectivity index (χ2n) is 6.41. The molecular weight excluding hydrogens is 200 g/mol. The summed E-state index contributed by atoms with van der Waals surface area (Å²) < 4.78 is 0. The molecule has 4 bridgehead atoms. The van der Waals surface area contributed by atoms with Crippen molar-refractivity contribution >= 4 is 5.97 Å². The molecule has 7 atom stereocenters. The van der Waals surface area contributed by atoms with Crippen LogP contribution in [0.4, 0.5) is 0 Å². The highest BCUT2D eigenvalue weighted by Crippen LogP contribution is 2.67. The van der Waals surface area contributed by atoms with Gasteiger partial charge >= 0.3 is 5.97 Å². The van der Waals surface area contributed by atoms with Gasteiger partial charge < -0.3 is 5.11 Å². The van der Waals surface area contributed by atoms with Crippen LogP contribution in [0, 0.1) is 41.4 Å². The third-order valence-electron chi connectivity index (χ3n) is 5.86. The van der Waals surface area contributed by atoms with Crippen molar-refractivity contribution in [3.05, 3.63) is 11.6 Å². The number of aliphatic carboxylic acids is 1. The lowest BCUT2D eigenvalue weighted by atomic mass is 9.65. The van der Waals surface area contributed by atoms with Crippen LogP contribution in [0.25, 0.3) is 0 Å². The lowest BCUT2D eigenvalue weighted by molar-refractivity contribution is -0.145. The van der Waals surface area contributed by atoms with Crippen molar-refractivity contribution in [2.75, 3.05) is 0 Å². The molecule has 2 fully saturated rings. The molecule has 0 saturated heterocycles. The van der Waals surface area contributed by atoms with E-state index >= 15 is 0 Å². The number of hydrogen-bond donors (Lipinski definition) is 1. The zero-order chi connectivity index (χ0) is 11.0. The molecule has 4 aliphatic carbocycles. The van der Waals surface area contributed by atoms with Gasteiger partial charge in [0.05, 0.1) is 5.92 Å². The molecule has 0 aliphatic heterocycles. The average molecular weight is 218 g/mol. The van der Waals surface area contributed by atoms with Crippen molar-refractivity contribution in [1.29, 1.82) is 0 Å². The van der Waals surface area contributed by atoms with Gasteiger partial charge in [-0.05, 0) is 54.8 Å². The first-order chi connectivity index (χ1) is 7.66. The number of carboxylic acid groups (broad SMARTS) is 1. The Balaban J connectivity index is 1.69. The van der Waals surface area contributed by atoms with Crippen molar-refractivity contribution < 1.29 is 9.90 Å². The minimum absolute atomic E-state index is 0.0186. The van der Waals surface area contributed by atoms with Crippen LogP contribution in [-0.2, 0) is 4.79 Å². The van der Waals surface area contributed by atoms with E-state index < -0.39 is 5.97 Å². The highest BCUT2D eigenvalue weighted by atomic mass is 16.4. The number of fused-ring (bicyclic) bond motifs is 8. The summed E-state index contributed by atoms with van der Waals surface area (Å²) in [7, 11) is 0. The predicted molar refractivity (Wildman–Crippen MR) is 59.7 cm³/mol. The molecule has 16 heavy (non-hydrogen) atoms. The quantitative estimate of drug-likeness (QED) is 0.687. The van der Waals surface area contributed by atoms with Gasteiger partial charge in [0.25, 0.3) is 0 Å². The summed E-state index contributed by atoms with van der Waals surface area (Å²) >= 11 is 0. The molecule has 0 aromatic heterocycles. The maximum Gasteiger partial charge on any atom is 0.306 e. The maximum atomic E-state index is 11.2. The summed E-state index contributed by atoms with van der Waals surface area (Å²) in [5.41, 5.74) is 1.70. The maximum absolute atomic E-state index is 11.2. The van der Waals surface area contributed by atoms with E-state index in [1.165, 1.54) is 12.8 Å². The molecule has 0 radical (unpaired) electrons. The molecule has 0 amide bonds. The lowest BCUT2D eigenvalue weighted by Crippen LogP contribution is -2.37. The van der Waals surface area contributed by atoms with Crippen LogP contribution >= 0.6 is 0 Å². The van der Waals surface area contributed by atoms with E-state index in [2.05, 4.69) is 13.0 Å². The van der Waals surface area contributed by atoms with Crippen molar-refractivity contribution in [3.8, 4) is 0 Å². The first kappa shape index (κ1) is 9.26. The molecule has 0 aromatic carbocycles.